The van der Waals surface area contributed by atoms with Crippen molar-refractivity contribution in [1.29, 1.82) is 0 Å². The van der Waals surface area contributed by atoms with Gasteiger partial charge in [-0.3, -0.25) is 4.79 Å². The number of benzene rings is 3. The minimum Gasteiger partial charge on any atom is -0.497 e. The van der Waals surface area contributed by atoms with E-state index in [0.29, 0.717) is 18.7 Å². The van der Waals surface area contributed by atoms with E-state index in [2.05, 4.69) is 36.4 Å². The van der Waals surface area contributed by atoms with E-state index >= 15 is 0 Å². The Morgan fingerprint density at radius 2 is 1.55 bits per heavy atom. The number of hydrogen-bond donors (Lipinski definition) is 0. The second kappa shape index (κ2) is 9.52. The lowest BCUT2D eigenvalue weighted by Gasteiger charge is -2.36. The van der Waals surface area contributed by atoms with Gasteiger partial charge in [0, 0.05) is 11.6 Å². The van der Waals surface area contributed by atoms with Crippen LogP contribution in [0, 0.1) is 5.92 Å². The van der Waals surface area contributed by atoms with E-state index in [1.807, 2.05) is 59.5 Å². The number of carbonyl (C=O) groups is 1. The maximum Gasteiger partial charge on any atom is 0.230 e. The monoisotopic (exact) mass is 413 g/mol. The van der Waals surface area contributed by atoms with E-state index < -0.39 is 0 Å². The predicted octanol–water partition coefficient (Wildman–Crippen LogP) is 5.20. The van der Waals surface area contributed by atoms with E-state index in [1.54, 1.807) is 14.2 Å². The Bertz CT molecular complexity index is 1050. The molecule has 4 rings (SSSR count). The van der Waals surface area contributed by atoms with Crippen LogP contribution in [0.1, 0.15) is 22.7 Å². The van der Waals surface area contributed by atoms with Gasteiger partial charge in [0.2, 0.25) is 5.91 Å². The summed E-state index contributed by atoms with van der Waals surface area (Å²) in [6.07, 6.45) is 4.91. The molecule has 3 aromatic rings. The Labute approximate surface area is 183 Å². The maximum absolute atomic E-state index is 13.6. The molecule has 0 saturated heterocycles. The van der Waals surface area contributed by atoms with Crippen LogP contribution in [0.5, 0.6) is 11.5 Å². The third-order valence-corrected chi connectivity index (χ3v) is 5.74. The zero-order valence-electron chi connectivity index (χ0n) is 17.9. The fourth-order valence-corrected chi connectivity index (χ4v) is 4.08. The summed E-state index contributed by atoms with van der Waals surface area (Å²) in [4.78, 5) is 15.6. The van der Waals surface area contributed by atoms with Crippen molar-refractivity contribution in [2.24, 2.45) is 5.92 Å². The summed E-state index contributed by atoms with van der Waals surface area (Å²) >= 11 is 0. The van der Waals surface area contributed by atoms with Crippen molar-refractivity contribution >= 4 is 5.91 Å². The lowest BCUT2D eigenvalue weighted by Crippen LogP contribution is -2.41. The van der Waals surface area contributed by atoms with Crippen LogP contribution < -0.4 is 9.47 Å². The Morgan fingerprint density at radius 3 is 2.23 bits per heavy atom. The predicted molar refractivity (Wildman–Crippen MR) is 122 cm³/mol. The molecule has 0 fully saturated rings. The summed E-state index contributed by atoms with van der Waals surface area (Å²) in [5.74, 6) is 1.38. The van der Waals surface area contributed by atoms with E-state index in [9.17, 15) is 4.79 Å². The molecule has 3 aromatic carbocycles. The van der Waals surface area contributed by atoms with Crippen LogP contribution in [-0.4, -0.2) is 25.0 Å². The van der Waals surface area contributed by atoms with Crippen molar-refractivity contribution < 1.29 is 14.3 Å². The Kier molecular flexibility index (Phi) is 6.37. The van der Waals surface area contributed by atoms with Gasteiger partial charge < -0.3 is 14.4 Å². The van der Waals surface area contributed by atoms with Gasteiger partial charge in [-0.15, -0.1) is 0 Å². The number of rotatable bonds is 7. The third kappa shape index (κ3) is 4.64. The molecule has 1 amide bonds. The van der Waals surface area contributed by atoms with Crippen molar-refractivity contribution in [3.8, 4) is 11.5 Å². The highest BCUT2D eigenvalue weighted by molar-refractivity contribution is 5.83. The maximum atomic E-state index is 13.6. The zero-order chi connectivity index (χ0) is 21.6. The quantitative estimate of drug-likeness (QED) is 0.500. The molecule has 4 nitrogen and oxygen atoms in total. The molecule has 0 bridgehead atoms. The average Bonchev–Trinajstić information content (AvgIpc) is 2.83. The molecular weight excluding hydrogens is 386 g/mol. The lowest BCUT2D eigenvalue weighted by molar-refractivity contribution is -0.137. The molecule has 0 saturated carbocycles. The van der Waals surface area contributed by atoms with Crippen molar-refractivity contribution in [3.05, 3.63) is 108 Å². The molecule has 1 aliphatic heterocycles. The van der Waals surface area contributed by atoms with Gasteiger partial charge in [0.25, 0.3) is 0 Å². The normalized spacial score (nSPS) is 18.1. The highest BCUT2D eigenvalue weighted by Gasteiger charge is 2.33. The van der Waals surface area contributed by atoms with Gasteiger partial charge in [-0.05, 0) is 29.7 Å². The van der Waals surface area contributed by atoms with Gasteiger partial charge in [0.1, 0.15) is 11.5 Å². The number of hydrogen-bond acceptors (Lipinski definition) is 3. The molecule has 0 radical (unpaired) electrons. The smallest absolute Gasteiger partial charge is 0.230 e. The largest absolute Gasteiger partial charge is 0.497 e. The molecule has 4 heteroatoms. The topological polar surface area (TPSA) is 38.8 Å². The van der Waals surface area contributed by atoms with E-state index in [0.717, 1.165) is 22.4 Å². The lowest BCUT2D eigenvalue weighted by atomic mass is 9.90. The van der Waals surface area contributed by atoms with Gasteiger partial charge in [-0.1, -0.05) is 72.8 Å². The first-order valence-electron chi connectivity index (χ1n) is 10.5. The Balaban J connectivity index is 1.67. The molecule has 31 heavy (non-hydrogen) atoms. The van der Waals surface area contributed by atoms with Crippen LogP contribution in [0.15, 0.2) is 91.0 Å². The summed E-state index contributed by atoms with van der Waals surface area (Å²) in [5, 5.41) is 0. The third-order valence-electron chi connectivity index (χ3n) is 5.74. The Hall–Kier alpha value is -3.53. The second-order valence-corrected chi connectivity index (χ2v) is 7.68. The van der Waals surface area contributed by atoms with E-state index in [1.165, 1.54) is 0 Å². The van der Waals surface area contributed by atoms with Crippen LogP contribution >= 0.6 is 0 Å². The summed E-state index contributed by atoms with van der Waals surface area (Å²) in [6.45, 7) is 0.460. The second-order valence-electron chi connectivity index (χ2n) is 7.68. The summed E-state index contributed by atoms with van der Waals surface area (Å²) in [7, 11) is 3.27. The van der Waals surface area contributed by atoms with Crippen LogP contribution in [0.3, 0.4) is 0 Å². The van der Waals surface area contributed by atoms with E-state index in [4.69, 9.17) is 9.47 Å². The number of nitrogens with zero attached hydrogens (tertiary/aromatic N) is 1. The van der Waals surface area contributed by atoms with E-state index in [-0.39, 0.29) is 17.9 Å². The van der Waals surface area contributed by atoms with Crippen LogP contribution in [0.25, 0.3) is 0 Å². The first kappa shape index (κ1) is 20.7. The molecule has 0 aromatic heterocycles. The van der Waals surface area contributed by atoms with Crippen molar-refractivity contribution in [2.75, 3.05) is 14.2 Å². The molecule has 1 heterocycles. The first-order chi connectivity index (χ1) is 15.2. The fourth-order valence-electron chi connectivity index (χ4n) is 4.08. The minimum atomic E-state index is -0.188. The molecule has 0 aliphatic carbocycles. The van der Waals surface area contributed by atoms with Crippen molar-refractivity contribution in [2.45, 2.75) is 19.0 Å². The van der Waals surface area contributed by atoms with Gasteiger partial charge in [-0.25, -0.2) is 0 Å². The van der Waals surface area contributed by atoms with Gasteiger partial charge in [0.05, 0.1) is 32.7 Å². The van der Waals surface area contributed by atoms with Crippen LogP contribution in [-0.2, 0) is 17.8 Å². The average molecular weight is 414 g/mol. The number of methoxy groups -OCH3 is 2. The highest BCUT2D eigenvalue weighted by Crippen LogP contribution is 2.34. The fraction of sp³-hybridized carbons (Fsp3) is 0.222. The SMILES string of the molecule is COc1ccc(CN2C(=O)[C@@H](Cc3ccccc3)C=C[C@@H]2c2ccccc2)c(OC)c1. The molecular formula is C27H27NO3. The molecule has 158 valence electrons. The van der Waals surface area contributed by atoms with Crippen LogP contribution in [0.4, 0.5) is 0 Å². The van der Waals surface area contributed by atoms with Gasteiger partial charge in [0.15, 0.2) is 0 Å². The molecule has 0 N–H and O–H groups in total. The summed E-state index contributed by atoms with van der Waals surface area (Å²) < 4.78 is 10.9. The van der Waals surface area contributed by atoms with Crippen molar-refractivity contribution in [3.63, 3.8) is 0 Å². The van der Waals surface area contributed by atoms with Crippen molar-refractivity contribution in [1.82, 2.24) is 4.90 Å². The minimum absolute atomic E-state index is 0.118. The number of carbonyl (C=O) groups excluding carboxylic acids is 1. The van der Waals surface area contributed by atoms with Crippen LogP contribution in [0.2, 0.25) is 0 Å². The molecule has 0 unspecified atom stereocenters. The van der Waals surface area contributed by atoms with Gasteiger partial charge in [-0.2, -0.15) is 0 Å². The number of amides is 1. The molecule has 2 atom stereocenters. The first-order valence-corrected chi connectivity index (χ1v) is 10.5. The molecule has 1 aliphatic rings. The number of ether oxygens (including phenoxy) is 2. The summed E-state index contributed by atoms with van der Waals surface area (Å²) in [5.41, 5.74) is 3.20. The Morgan fingerprint density at radius 1 is 0.839 bits per heavy atom. The standard InChI is InChI=1S/C27H27NO3/c1-30-24-15-13-23(26(18-24)31-2)19-28-25(21-11-7-4-8-12-21)16-14-22(27(28)29)17-20-9-5-3-6-10-20/h3-16,18,22,25H,17,19H2,1-2H3/t22-,25-/m1/s1. The summed E-state index contributed by atoms with van der Waals surface area (Å²) in [6, 6.07) is 25.9. The zero-order valence-corrected chi connectivity index (χ0v) is 17.9. The van der Waals surface area contributed by atoms with Gasteiger partial charge >= 0.3 is 0 Å². The molecule has 0 spiro atoms. The highest BCUT2D eigenvalue weighted by atomic mass is 16.5.